The summed E-state index contributed by atoms with van der Waals surface area (Å²) in [5.74, 6) is 0. The molecule has 134 valence electrons. The third-order valence-corrected chi connectivity index (χ3v) is 6.97. The number of hydrogen-bond acceptors (Lipinski definition) is 2. The van der Waals surface area contributed by atoms with Crippen molar-refractivity contribution in [1.29, 1.82) is 0 Å². The van der Waals surface area contributed by atoms with Crippen molar-refractivity contribution in [3.8, 4) is 0 Å². The van der Waals surface area contributed by atoms with Gasteiger partial charge in [0.25, 0.3) is 0 Å². The van der Waals surface area contributed by atoms with Crippen LogP contribution in [-0.4, -0.2) is 12.7 Å². The largest absolute Gasteiger partial charge is 0.243 e. The van der Waals surface area contributed by atoms with Gasteiger partial charge < -0.3 is 0 Å². The molecule has 1 atom stereocenters. The molecule has 26 heavy (non-hydrogen) atoms. The maximum atomic E-state index is 13.4. The molecule has 0 heterocycles. The van der Waals surface area contributed by atoms with E-state index in [2.05, 4.69) is 22.6 Å². The van der Waals surface area contributed by atoms with Crippen LogP contribution in [0.2, 0.25) is 0 Å². The Labute approximate surface area is 168 Å². The van der Waals surface area contributed by atoms with Crippen LogP contribution >= 0.6 is 22.6 Å². The lowest BCUT2D eigenvalue weighted by Crippen LogP contribution is -2.33. The van der Waals surface area contributed by atoms with Crippen LogP contribution in [0, 0.1) is 3.57 Å². The van der Waals surface area contributed by atoms with E-state index in [0.717, 1.165) is 14.7 Å². The fourth-order valence-corrected chi connectivity index (χ4v) is 4.80. The highest BCUT2D eigenvalue weighted by atomic mass is 127. The molecule has 0 bridgehead atoms. The third-order valence-electron chi connectivity index (χ3n) is 4.32. The Kier molecular flexibility index (Phi) is 6.11. The molecule has 0 fully saturated rings. The van der Waals surface area contributed by atoms with Crippen molar-refractivity contribution in [3.63, 3.8) is 0 Å². The average molecular weight is 477 g/mol. The molecule has 0 aromatic heterocycles. The van der Waals surface area contributed by atoms with Gasteiger partial charge in [-0.2, -0.15) is 4.31 Å². The Morgan fingerprint density at radius 3 is 1.96 bits per heavy atom. The van der Waals surface area contributed by atoms with Crippen molar-refractivity contribution in [1.82, 2.24) is 4.31 Å². The summed E-state index contributed by atoms with van der Waals surface area (Å²) in [5.41, 5.74) is 1.93. The van der Waals surface area contributed by atoms with Crippen LogP contribution in [0.5, 0.6) is 0 Å². The van der Waals surface area contributed by atoms with Crippen molar-refractivity contribution in [2.24, 2.45) is 0 Å². The van der Waals surface area contributed by atoms with Gasteiger partial charge in [0, 0.05) is 16.2 Å². The molecular weight excluding hydrogens is 457 g/mol. The van der Waals surface area contributed by atoms with Crippen molar-refractivity contribution in [2.45, 2.75) is 24.4 Å². The Balaban J connectivity index is 2.03. The Hall–Kier alpha value is -1.70. The predicted molar refractivity (Wildman–Crippen MR) is 113 cm³/mol. The number of sulfonamides is 1. The van der Waals surface area contributed by atoms with E-state index in [1.54, 1.807) is 16.4 Å². The second-order valence-corrected chi connectivity index (χ2v) is 9.21. The summed E-state index contributed by atoms with van der Waals surface area (Å²) in [4.78, 5) is 0.316. The monoisotopic (exact) mass is 477 g/mol. The van der Waals surface area contributed by atoms with E-state index in [4.69, 9.17) is 0 Å². The highest BCUT2D eigenvalue weighted by Crippen LogP contribution is 2.29. The van der Waals surface area contributed by atoms with Crippen molar-refractivity contribution in [3.05, 3.63) is 99.6 Å². The first-order chi connectivity index (χ1) is 12.5. The SMILES string of the molecule is CC(c1ccccc1)N(Cc1ccccc1)S(=O)(=O)c1ccc(I)cc1. The molecule has 0 N–H and O–H groups in total. The first-order valence-electron chi connectivity index (χ1n) is 8.35. The first-order valence-corrected chi connectivity index (χ1v) is 10.9. The van der Waals surface area contributed by atoms with Crippen LogP contribution in [0.4, 0.5) is 0 Å². The lowest BCUT2D eigenvalue weighted by molar-refractivity contribution is 0.336. The second kappa shape index (κ2) is 8.33. The molecule has 0 spiro atoms. The Morgan fingerprint density at radius 1 is 0.846 bits per heavy atom. The Bertz CT molecular complexity index is 942. The minimum absolute atomic E-state index is 0.277. The number of benzene rings is 3. The molecular formula is C21H20INO2S. The molecule has 0 aliphatic rings. The highest BCUT2D eigenvalue weighted by molar-refractivity contribution is 14.1. The van der Waals surface area contributed by atoms with E-state index in [1.165, 1.54) is 0 Å². The first kappa shape index (κ1) is 19.1. The second-order valence-electron chi connectivity index (χ2n) is 6.08. The van der Waals surface area contributed by atoms with Crippen LogP contribution < -0.4 is 0 Å². The maximum absolute atomic E-state index is 13.4. The van der Waals surface area contributed by atoms with Gasteiger partial charge in [0.2, 0.25) is 10.0 Å². The van der Waals surface area contributed by atoms with E-state index < -0.39 is 10.0 Å². The fourth-order valence-electron chi connectivity index (χ4n) is 2.83. The summed E-state index contributed by atoms with van der Waals surface area (Å²) in [6.45, 7) is 2.26. The molecule has 0 amide bonds. The fraction of sp³-hybridized carbons (Fsp3) is 0.143. The number of halogens is 1. The van der Waals surface area contributed by atoms with Crippen LogP contribution in [0.25, 0.3) is 0 Å². The zero-order chi connectivity index (χ0) is 18.6. The molecule has 3 nitrogen and oxygen atoms in total. The topological polar surface area (TPSA) is 37.4 Å². The van der Waals surface area contributed by atoms with Gasteiger partial charge in [-0.05, 0) is 64.9 Å². The molecule has 1 unspecified atom stereocenters. The quantitative estimate of drug-likeness (QED) is 0.456. The summed E-state index contributed by atoms with van der Waals surface area (Å²) < 4.78 is 29.3. The van der Waals surface area contributed by atoms with Crippen LogP contribution in [0.15, 0.2) is 89.8 Å². The summed E-state index contributed by atoms with van der Waals surface area (Å²) in [7, 11) is -3.63. The number of nitrogens with zero attached hydrogens (tertiary/aromatic N) is 1. The van der Waals surface area contributed by atoms with Crippen molar-refractivity contribution in [2.75, 3.05) is 0 Å². The van der Waals surface area contributed by atoms with E-state index in [-0.39, 0.29) is 6.04 Å². The zero-order valence-electron chi connectivity index (χ0n) is 14.4. The normalized spacial score (nSPS) is 12.9. The minimum Gasteiger partial charge on any atom is -0.207 e. The van der Waals surface area contributed by atoms with Crippen LogP contribution in [0.3, 0.4) is 0 Å². The minimum atomic E-state index is -3.63. The van der Waals surface area contributed by atoms with Crippen LogP contribution in [0.1, 0.15) is 24.1 Å². The van der Waals surface area contributed by atoms with Crippen molar-refractivity contribution >= 4 is 32.6 Å². The number of rotatable bonds is 6. The lowest BCUT2D eigenvalue weighted by atomic mass is 10.1. The lowest BCUT2D eigenvalue weighted by Gasteiger charge is -2.29. The smallest absolute Gasteiger partial charge is 0.207 e. The van der Waals surface area contributed by atoms with E-state index in [0.29, 0.717) is 11.4 Å². The highest BCUT2D eigenvalue weighted by Gasteiger charge is 2.30. The summed E-state index contributed by atoms with van der Waals surface area (Å²) in [6, 6.07) is 26.1. The molecule has 0 saturated heterocycles. The molecule has 0 saturated carbocycles. The summed E-state index contributed by atoms with van der Waals surface area (Å²) >= 11 is 2.17. The average Bonchev–Trinajstić information content (AvgIpc) is 2.67. The van der Waals surface area contributed by atoms with E-state index >= 15 is 0 Å². The van der Waals surface area contributed by atoms with Gasteiger partial charge in [-0.15, -0.1) is 0 Å². The molecule has 5 heteroatoms. The third kappa shape index (κ3) is 4.34. The van der Waals surface area contributed by atoms with E-state index in [9.17, 15) is 8.42 Å². The predicted octanol–water partition coefficient (Wildman–Crippen LogP) is 5.24. The molecule has 3 aromatic carbocycles. The van der Waals surface area contributed by atoms with Gasteiger partial charge >= 0.3 is 0 Å². The molecule has 0 aliphatic heterocycles. The summed E-state index contributed by atoms with van der Waals surface area (Å²) in [5, 5.41) is 0. The van der Waals surface area contributed by atoms with E-state index in [1.807, 2.05) is 79.7 Å². The number of hydrogen-bond donors (Lipinski definition) is 0. The van der Waals surface area contributed by atoms with Gasteiger partial charge in [0.05, 0.1) is 4.90 Å². The van der Waals surface area contributed by atoms with Crippen molar-refractivity contribution < 1.29 is 8.42 Å². The standard InChI is InChI=1S/C21H20INO2S/c1-17(19-10-6-3-7-11-19)23(16-18-8-4-2-5-9-18)26(24,25)21-14-12-20(22)13-15-21/h2-15,17H,16H2,1H3. The summed E-state index contributed by atoms with van der Waals surface area (Å²) in [6.07, 6.45) is 0. The molecule has 0 aliphatic carbocycles. The van der Waals surface area contributed by atoms with Crippen LogP contribution in [-0.2, 0) is 16.6 Å². The Morgan fingerprint density at radius 2 is 1.38 bits per heavy atom. The maximum Gasteiger partial charge on any atom is 0.243 e. The molecule has 3 aromatic rings. The van der Waals surface area contributed by atoms with Gasteiger partial charge in [0.15, 0.2) is 0 Å². The van der Waals surface area contributed by atoms with Gasteiger partial charge in [-0.3, -0.25) is 0 Å². The zero-order valence-corrected chi connectivity index (χ0v) is 17.4. The van der Waals surface area contributed by atoms with Gasteiger partial charge in [-0.1, -0.05) is 60.7 Å². The van der Waals surface area contributed by atoms with Gasteiger partial charge in [0.1, 0.15) is 0 Å². The molecule has 3 rings (SSSR count). The van der Waals surface area contributed by atoms with Gasteiger partial charge in [-0.25, -0.2) is 8.42 Å². The molecule has 0 radical (unpaired) electrons.